The van der Waals surface area contributed by atoms with Gasteiger partial charge in [-0.05, 0) is 42.7 Å². The van der Waals surface area contributed by atoms with E-state index in [1.165, 1.54) is 0 Å². The highest BCUT2D eigenvalue weighted by Crippen LogP contribution is 2.34. The van der Waals surface area contributed by atoms with Crippen molar-refractivity contribution in [3.05, 3.63) is 54.9 Å². The molecule has 0 aliphatic carbocycles. The Kier molecular flexibility index (Phi) is 6.19. The molecule has 2 aromatic heterocycles. The smallest absolute Gasteiger partial charge is 0.221 e. The molecule has 3 N–H and O–H groups in total. The monoisotopic (exact) mass is 444 g/mol. The van der Waals surface area contributed by atoms with Crippen molar-refractivity contribution in [2.75, 3.05) is 32.1 Å². The van der Waals surface area contributed by atoms with E-state index in [1.807, 2.05) is 55.8 Å². The summed E-state index contributed by atoms with van der Waals surface area (Å²) in [6, 6.07) is 14.5. The zero-order valence-corrected chi connectivity index (χ0v) is 18.7. The van der Waals surface area contributed by atoms with E-state index in [0.717, 1.165) is 71.6 Å². The second kappa shape index (κ2) is 9.56. The Bertz CT molecular complexity index is 1250. The minimum atomic E-state index is 0.249. The summed E-state index contributed by atoms with van der Waals surface area (Å²) in [5, 5.41) is 8.84. The Balaban J connectivity index is 1.45. The molecule has 8 nitrogen and oxygen atoms in total. The lowest BCUT2D eigenvalue weighted by atomic mass is 10.0. The Morgan fingerprint density at radius 1 is 1.09 bits per heavy atom. The van der Waals surface area contributed by atoms with Crippen molar-refractivity contribution in [1.82, 2.24) is 25.1 Å². The van der Waals surface area contributed by atoms with Crippen molar-refractivity contribution in [2.24, 2.45) is 7.05 Å². The van der Waals surface area contributed by atoms with Gasteiger partial charge in [-0.3, -0.25) is 4.68 Å². The molecule has 0 saturated carbocycles. The first-order chi connectivity index (χ1) is 16.2. The summed E-state index contributed by atoms with van der Waals surface area (Å²) in [4.78, 5) is 8.95. The molecule has 0 spiro atoms. The Morgan fingerprint density at radius 3 is 2.73 bits per heavy atom. The van der Waals surface area contributed by atoms with Crippen LogP contribution < -0.4 is 15.8 Å². The number of anilines is 1. The molecular formula is C25H28N6O2. The summed E-state index contributed by atoms with van der Waals surface area (Å²) in [7, 11) is 1.91. The number of hydrogen-bond donors (Lipinski definition) is 2. The fourth-order valence-electron chi connectivity index (χ4n) is 4.20. The number of nitrogen functional groups attached to an aromatic ring is 1. The first-order valence-corrected chi connectivity index (χ1v) is 11.3. The number of rotatable bonds is 7. The van der Waals surface area contributed by atoms with Gasteiger partial charge in [0.05, 0.1) is 17.4 Å². The zero-order chi connectivity index (χ0) is 22.6. The third-order valence-electron chi connectivity index (χ3n) is 5.86. The van der Waals surface area contributed by atoms with E-state index in [1.54, 1.807) is 4.68 Å². The van der Waals surface area contributed by atoms with Gasteiger partial charge >= 0.3 is 0 Å². The van der Waals surface area contributed by atoms with Gasteiger partial charge in [-0.25, -0.2) is 9.97 Å². The molecule has 3 heterocycles. The van der Waals surface area contributed by atoms with Crippen molar-refractivity contribution in [1.29, 1.82) is 0 Å². The molecule has 33 heavy (non-hydrogen) atoms. The first kappa shape index (κ1) is 21.4. The van der Waals surface area contributed by atoms with Crippen LogP contribution in [0.1, 0.15) is 12.8 Å². The summed E-state index contributed by atoms with van der Waals surface area (Å²) in [5.41, 5.74) is 10.6. The lowest BCUT2D eigenvalue weighted by Gasteiger charge is -2.23. The van der Waals surface area contributed by atoms with E-state index in [-0.39, 0.29) is 5.95 Å². The van der Waals surface area contributed by atoms with Crippen molar-refractivity contribution < 1.29 is 9.47 Å². The number of para-hydroxylation sites is 1. The highest BCUT2D eigenvalue weighted by molar-refractivity contribution is 5.94. The number of aryl methyl sites for hydroxylation is 1. The summed E-state index contributed by atoms with van der Waals surface area (Å²) in [5.74, 6) is 1.03. The Hall–Kier alpha value is -3.49. The number of aromatic nitrogens is 4. The molecule has 1 fully saturated rings. The molecule has 1 saturated heterocycles. The van der Waals surface area contributed by atoms with E-state index in [0.29, 0.717) is 12.6 Å². The second-order valence-electron chi connectivity index (χ2n) is 8.29. The van der Waals surface area contributed by atoms with Crippen molar-refractivity contribution in [3.8, 4) is 28.1 Å². The van der Waals surface area contributed by atoms with Crippen molar-refractivity contribution in [3.63, 3.8) is 0 Å². The summed E-state index contributed by atoms with van der Waals surface area (Å²) >= 11 is 0. The maximum absolute atomic E-state index is 6.17. The van der Waals surface area contributed by atoms with E-state index in [2.05, 4.69) is 26.4 Å². The zero-order valence-electron chi connectivity index (χ0n) is 18.7. The molecule has 2 aromatic carbocycles. The van der Waals surface area contributed by atoms with Crippen LogP contribution in [0.25, 0.3) is 33.3 Å². The molecule has 1 aliphatic heterocycles. The third-order valence-corrected chi connectivity index (χ3v) is 5.86. The number of nitrogens with zero attached hydrogens (tertiary/aromatic N) is 4. The molecule has 1 aliphatic rings. The van der Waals surface area contributed by atoms with E-state index in [9.17, 15) is 0 Å². The lowest BCUT2D eigenvalue weighted by Crippen LogP contribution is -2.37. The van der Waals surface area contributed by atoms with Crippen LogP contribution in [0.2, 0.25) is 0 Å². The number of fused-ring (bicyclic) bond motifs is 1. The van der Waals surface area contributed by atoms with Gasteiger partial charge in [-0.1, -0.05) is 18.2 Å². The van der Waals surface area contributed by atoms with Crippen molar-refractivity contribution in [2.45, 2.75) is 18.9 Å². The molecule has 170 valence electrons. The topological polar surface area (TPSA) is 100 Å². The molecule has 0 unspecified atom stereocenters. The van der Waals surface area contributed by atoms with Gasteiger partial charge in [-0.2, -0.15) is 5.10 Å². The van der Waals surface area contributed by atoms with Gasteiger partial charge in [0.25, 0.3) is 0 Å². The molecule has 8 heteroatoms. The normalized spacial score (nSPS) is 14.6. The predicted molar refractivity (Wildman–Crippen MR) is 129 cm³/mol. The molecule has 0 amide bonds. The van der Waals surface area contributed by atoms with Crippen LogP contribution in [0.3, 0.4) is 0 Å². The molecule has 0 atom stereocenters. The number of benzene rings is 2. The van der Waals surface area contributed by atoms with E-state index >= 15 is 0 Å². The van der Waals surface area contributed by atoms with E-state index in [4.69, 9.17) is 15.2 Å². The number of ether oxygens (including phenoxy) is 2. The second-order valence-corrected chi connectivity index (χ2v) is 8.29. The van der Waals surface area contributed by atoms with Gasteiger partial charge < -0.3 is 20.5 Å². The summed E-state index contributed by atoms with van der Waals surface area (Å²) < 4.78 is 13.4. The average Bonchev–Trinajstić information content (AvgIpc) is 3.28. The minimum absolute atomic E-state index is 0.249. The fourth-order valence-corrected chi connectivity index (χ4v) is 4.20. The standard InChI is InChI=1S/C25H28N6O2/c1-31-16-19(15-28-31)17-12-18(24-22-4-2-3-5-23(22)29-25(26)30-24)14-21(13-17)33-11-8-27-20-6-9-32-10-7-20/h2-5,12-16,20,27H,6-11H2,1H3,(H2,26,29,30). The van der Waals surface area contributed by atoms with Crippen LogP contribution in [0.15, 0.2) is 54.9 Å². The highest BCUT2D eigenvalue weighted by Gasteiger charge is 2.14. The van der Waals surface area contributed by atoms with E-state index < -0.39 is 0 Å². The Morgan fingerprint density at radius 2 is 1.91 bits per heavy atom. The first-order valence-electron chi connectivity index (χ1n) is 11.3. The molecule has 4 aromatic rings. The van der Waals surface area contributed by atoms with Crippen molar-refractivity contribution >= 4 is 16.9 Å². The van der Waals surface area contributed by atoms with Crippen LogP contribution in [-0.4, -0.2) is 52.2 Å². The van der Waals surface area contributed by atoms with Gasteiger partial charge in [-0.15, -0.1) is 0 Å². The summed E-state index contributed by atoms with van der Waals surface area (Å²) in [6.45, 7) is 3.00. The fraction of sp³-hybridized carbons (Fsp3) is 0.320. The highest BCUT2D eigenvalue weighted by atomic mass is 16.5. The van der Waals surface area contributed by atoms with Gasteiger partial charge in [0.15, 0.2) is 0 Å². The minimum Gasteiger partial charge on any atom is -0.492 e. The third kappa shape index (κ3) is 4.97. The predicted octanol–water partition coefficient (Wildman–Crippen LogP) is 3.43. The molecule has 0 bridgehead atoms. The maximum atomic E-state index is 6.17. The maximum Gasteiger partial charge on any atom is 0.221 e. The van der Waals surface area contributed by atoms with Crippen LogP contribution in [0, 0.1) is 0 Å². The Labute approximate surface area is 192 Å². The van der Waals surface area contributed by atoms with Gasteiger partial charge in [0.2, 0.25) is 5.95 Å². The number of nitrogens with two attached hydrogens (primary N) is 1. The van der Waals surface area contributed by atoms with Gasteiger partial charge in [0, 0.05) is 55.6 Å². The van der Waals surface area contributed by atoms with Gasteiger partial charge in [0.1, 0.15) is 12.4 Å². The summed E-state index contributed by atoms with van der Waals surface area (Å²) in [6.07, 6.45) is 5.93. The quantitative estimate of drug-likeness (QED) is 0.421. The van der Waals surface area contributed by atoms with Crippen LogP contribution in [0.5, 0.6) is 5.75 Å². The largest absolute Gasteiger partial charge is 0.492 e. The molecule has 5 rings (SSSR count). The van der Waals surface area contributed by atoms with Crippen LogP contribution >= 0.6 is 0 Å². The lowest BCUT2D eigenvalue weighted by molar-refractivity contribution is 0.0770. The number of nitrogens with one attached hydrogen (secondary N) is 1. The SMILES string of the molecule is Cn1cc(-c2cc(OCCNC3CCOCC3)cc(-c3nc(N)nc4ccccc34)c2)cn1. The average molecular weight is 445 g/mol. The molecular weight excluding hydrogens is 416 g/mol. The number of hydrogen-bond acceptors (Lipinski definition) is 7. The van der Waals surface area contributed by atoms with Crippen LogP contribution in [-0.2, 0) is 11.8 Å². The molecule has 0 radical (unpaired) electrons. The van der Waals surface area contributed by atoms with Crippen LogP contribution in [0.4, 0.5) is 5.95 Å².